The smallest absolute Gasteiger partial charge is 0.229 e. The molecule has 5 aromatic rings. The summed E-state index contributed by atoms with van der Waals surface area (Å²) in [6, 6.07) is 17.9. The van der Waals surface area contributed by atoms with Gasteiger partial charge in [-0.3, -0.25) is 9.97 Å². The quantitative estimate of drug-likeness (QED) is 0.454. The van der Waals surface area contributed by atoms with Gasteiger partial charge in [-0.05, 0) is 30.3 Å². The second-order valence-electron chi connectivity index (χ2n) is 5.38. The van der Waals surface area contributed by atoms with Crippen LogP contribution in [0.3, 0.4) is 0 Å². The van der Waals surface area contributed by atoms with E-state index in [2.05, 4.69) is 27.1 Å². The van der Waals surface area contributed by atoms with Crippen molar-refractivity contribution in [3.8, 4) is 11.3 Å². The molecule has 0 spiro atoms. The maximum atomic E-state index is 5.83. The average molecular weight is 297 g/mol. The number of hydrogen-bond acceptors (Lipinski definition) is 4. The molecule has 23 heavy (non-hydrogen) atoms. The Labute approximate surface area is 131 Å². The first-order valence-electron chi connectivity index (χ1n) is 7.38. The minimum Gasteiger partial charge on any atom is -0.436 e. The number of nitrogens with zero attached hydrogens (tertiary/aromatic N) is 3. The molecule has 0 amide bonds. The van der Waals surface area contributed by atoms with E-state index in [0.29, 0.717) is 5.71 Å². The number of pyridine rings is 3. The van der Waals surface area contributed by atoms with Gasteiger partial charge < -0.3 is 4.42 Å². The molecule has 0 N–H and O–H groups in total. The number of fused-ring (bicyclic) bond motifs is 4. The van der Waals surface area contributed by atoms with E-state index in [1.165, 1.54) is 0 Å². The zero-order chi connectivity index (χ0) is 15.2. The standard InChI is InChI=1S/C19H11N3O/c1-4-12-5-2-10-20-17(12)13(6-1)15-9-8-14-18-16(7-3-11-21-18)23-19(14)22-15/h1-11H. The van der Waals surface area contributed by atoms with Gasteiger partial charge >= 0.3 is 0 Å². The predicted octanol–water partition coefficient (Wildman–Crippen LogP) is 4.59. The number of rotatable bonds is 1. The predicted molar refractivity (Wildman–Crippen MR) is 90.0 cm³/mol. The van der Waals surface area contributed by atoms with E-state index in [1.54, 1.807) is 12.4 Å². The van der Waals surface area contributed by atoms with Crippen molar-refractivity contribution in [2.24, 2.45) is 0 Å². The van der Waals surface area contributed by atoms with Crippen LogP contribution in [0, 0.1) is 0 Å². The first-order valence-corrected chi connectivity index (χ1v) is 7.38. The van der Waals surface area contributed by atoms with Gasteiger partial charge in [0.1, 0.15) is 5.52 Å². The third kappa shape index (κ3) is 1.82. The lowest BCUT2D eigenvalue weighted by molar-refractivity contribution is 0.654. The Morgan fingerprint density at radius 1 is 0.739 bits per heavy atom. The molecule has 0 aliphatic rings. The van der Waals surface area contributed by atoms with Gasteiger partial charge in [0.15, 0.2) is 5.58 Å². The Morgan fingerprint density at radius 3 is 2.52 bits per heavy atom. The minimum absolute atomic E-state index is 0.601. The normalized spacial score (nSPS) is 11.5. The number of aromatic nitrogens is 3. The number of para-hydroxylation sites is 1. The Balaban J connectivity index is 1.81. The summed E-state index contributed by atoms with van der Waals surface area (Å²) in [6.07, 6.45) is 3.56. The lowest BCUT2D eigenvalue weighted by Crippen LogP contribution is -1.87. The van der Waals surface area contributed by atoms with Crippen LogP contribution < -0.4 is 0 Å². The monoisotopic (exact) mass is 297 g/mol. The Hall–Kier alpha value is -3.27. The van der Waals surface area contributed by atoms with Gasteiger partial charge in [0.05, 0.1) is 16.6 Å². The van der Waals surface area contributed by atoms with Crippen LogP contribution in [0.1, 0.15) is 0 Å². The molecule has 4 heterocycles. The molecule has 4 heteroatoms. The number of hydrogen-bond donors (Lipinski definition) is 0. The summed E-state index contributed by atoms with van der Waals surface area (Å²) in [5.74, 6) is 0. The molecule has 0 fully saturated rings. The van der Waals surface area contributed by atoms with Gasteiger partial charge in [-0.1, -0.05) is 24.3 Å². The van der Waals surface area contributed by atoms with Crippen LogP contribution in [0.2, 0.25) is 0 Å². The summed E-state index contributed by atoms with van der Waals surface area (Å²) in [6.45, 7) is 0. The van der Waals surface area contributed by atoms with Crippen LogP contribution in [-0.2, 0) is 0 Å². The van der Waals surface area contributed by atoms with Gasteiger partial charge in [0.2, 0.25) is 5.71 Å². The zero-order valence-electron chi connectivity index (χ0n) is 12.1. The Bertz CT molecular complexity index is 1170. The van der Waals surface area contributed by atoms with E-state index in [9.17, 15) is 0 Å². The highest BCUT2D eigenvalue weighted by atomic mass is 16.3. The summed E-state index contributed by atoms with van der Waals surface area (Å²) >= 11 is 0. The molecule has 5 rings (SSSR count). The third-order valence-electron chi connectivity index (χ3n) is 4.00. The highest BCUT2D eigenvalue weighted by Gasteiger charge is 2.12. The second-order valence-corrected chi connectivity index (χ2v) is 5.38. The molecule has 4 aromatic heterocycles. The van der Waals surface area contributed by atoms with Crippen molar-refractivity contribution in [3.63, 3.8) is 0 Å². The molecular formula is C19H11N3O. The Kier molecular flexibility index (Phi) is 2.46. The highest BCUT2D eigenvalue weighted by Crippen LogP contribution is 2.30. The molecule has 0 bridgehead atoms. The van der Waals surface area contributed by atoms with Gasteiger partial charge in [0.25, 0.3) is 0 Å². The first-order chi connectivity index (χ1) is 11.4. The lowest BCUT2D eigenvalue weighted by Gasteiger charge is -2.04. The van der Waals surface area contributed by atoms with Crippen LogP contribution in [-0.4, -0.2) is 15.0 Å². The number of benzene rings is 1. The van der Waals surface area contributed by atoms with E-state index >= 15 is 0 Å². The van der Waals surface area contributed by atoms with Crippen molar-refractivity contribution in [2.75, 3.05) is 0 Å². The van der Waals surface area contributed by atoms with E-state index in [1.807, 2.05) is 42.5 Å². The van der Waals surface area contributed by atoms with Gasteiger partial charge in [-0.15, -0.1) is 0 Å². The molecule has 0 aliphatic heterocycles. The average Bonchev–Trinajstić information content (AvgIpc) is 2.99. The van der Waals surface area contributed by atoms with Crippen molar-refractivity contribution in [3.05, 3.63) is 67.0 Å². The van der Waals surface area contributed by atoms with E-state index < -0.39 is 0 Å². The maximum Gasteiger partial charge on any atom is 0.229 e. The highest BCUT2D eigenvalue weighted by molar-refractivity contribution is 6.02. The molecule has 0 radical (unpaired) electrons. The van der Waals surface area contributed by atoms with E-state index in [-0.39, 0.29) is 0 Å². The molecule has 108 valence electrons. The molecule has 0 unspecified atom stereocenters. The summed E-state index contributed by atoms with van der Waals surface area (Å²) in [7, 11) is 0. The van der Waals surface area contributed by atoms with E-state index in [0.717, 1.165) is 38.6 Å². The fraction of sp³-hybridized carbons (Fsp3) is 0. The van der Waals surface area contributed by atoms with Crippen molar-refractivity contribution >= 4 is 33.1 Å². The molecule has 0 atom stereocenters. The fourth-order valence-corrected chi connectivity index (χ4v) is 2.94. The van der Waals surface area contributed by atoms with Crippen LogP contribution in [0.5, 0.6) is 0 Å². The first kappa shape index (κ1) is 12.3. The van der Waals surface area contributed by atoms with Crippen molar-refractivity contribution in [1.29, 1.82) is 0 Å². The van der Waals surface area contributed by atoms with Crippen LogP contribution in [0.15, 0.2) is 71.4 Å². The molecule has 0 saturated carbocycles. The summed E-state index contributed by atoms with van der Waals surface area (Å²) in [4.78, 5) is 13.6. The lowest BCUT2D eigenvalue weighted by atomic mass is 10.1. The summed E-state index contributed by atoms with van der Waals surface area (Å²) < 4.78 is 5.83. The molecule has 4 nitrogen and oxygen atoms in total. The van der Waals surface area contributed by atoms with Crippen molar-refractivity contribution < 1.29 is 4.42 Å². The van der Waals surface area contributed by atoms with Gasteiger partial charge in [-0.2, -0.15) is 0 Å². The molecule has 0 aliphatic carbocycles. The Morgan fingerprint density at radius 2 is 1.57 bits per heavy atom. The SMILES string of the molecule is c1cnc2c(-c3ccc4c(n3)oc3cccnc34)cccc2c1. The van der Waals surface area contributed by atoms with Crippen LogP contribution >= 0.6 is 0 Å². The topological polar surface area (TPSA) is 51.8 Å². The van der Waals surface area contributed by atoms with Gasteiger partial charge in [-0.25, -0.2) is 4.98 Å². The zero-order valence-corrected chi connectivity index (χ0v) is 12.1. The summed E-state index contributed by atoms with van der Waals surface area (Å²) in [5.41, 5.74) is 4.99. The number of furan rings is 1. The van der Waals surface area contributed by atoms with Crippen molar-refractivity contribution in [1.82, 2.24) is 15.0 Å². The van der Waals surface area contributed by atoms with Crippen LogP contribution in [0.25, 0.3) is 44.4 Å². The summed E-state index contributed by atoms with van der Waals surface area (Å²) in [5, 5.41) is 2.02. The third-order valence-corrected chi connectivity index (χ3v) is 4.00. The fourth-order valence-electron chi connectivity index (χ4n) is 2.94. The largest absolute Gasteiger partial charge is 0.436 e. The van der Waals surface area contributed by atoms with Crippen molar-refractivity contribution in [2.45, 2.75) is 0 Å². The molecule has 0 saturated heterocycles. The van der Waals surface area contributed by atoms with Crippen LogP contribution in [0.4, 0.5) is 0 Å². The maximum absolute atomic E-state index is 5.83. The second kappa shape index (κ2) is 4.61. The molecular weight excluding hydrogens is 286 g/mol. The minimum atomic E-state index is 0.601. The van der Waals surface area contributed by atoms with Gasteiger partial charge in [0, 0.05) is 23.3 Å². The molecule has 1 aromatic carbocycles. The van der Waals surface area contributed by atoms with E-state index in [4.69, 9.17) is 4.42 Å².